The van der Waals surface area contributed by atoms with E-state index in [9.17, 15) is 0 Å². The molecule has 1 radical (unpaired) electrons. The third-order valence-corrected chi connectivity index (χ3v) is 2.57. The molecule has 0 aliphatic carbocycles. The minimum Gasteiger partial charge on any atom is -1.00 e. The van der Waals surface area contributed by atoms with Crippen molar-refractivity contribution in [3.8, 4) is 0 Å². The average molecular weight is 333 g/mol. The normalized spacial score (nSPS) is 8.81. The summed E-state index contributed by atoms with van der Waals surface area (Å²) in [5.74, 6) is 0. The molecule has 3 heteroatoms. The molecule has 0 nitrogen and oxygen atoms in total. The smallest absolute Gasteiger partial charge is 1.00 e. The van der Waals surface area contributed by atoms with E-state index < -0.39 is 0 Å². The SMILES string of the molecule is CCCCc1c[cH-]c2ccccc12.[Cl-].[Cl-].[Zr+3]. The van der Waals surface area contributed by atoms with Crippen LogP contribution in [0, 0.1) is 0 Å². The second-order valence-electron chi connectivity index (χ2n) is 3.55. The standard InChI is InChI=1S/C13H15.2ClH.Zr/c1-2-3-6-11-9-10-12-7-4-5-8-13(11)12;;;/h4-5,7-10H,2-3,6H2,1H3;2*1H;/q-1;;;+3/p-2. The van der Waals surface area contributed by atoms with Crippen molar-refractivity contribution < 1.29 is 51.0 Å². The Kier molecular flexibility index (Phi) is 10.9. The summed E-state index contributed by atoms with van der Waals surface area (Å²) in [7, 11) is 0. The molecule has 2 aromatic rings. The van der Waals surface area contributed by atoms with Gasteiger partial charge in [0, 0.05) is 0 Å². The van der Waals surface area contributed by atoms with Gasteiger partial charge in [-0.25, -0.2) is 0 Å². The minimum absolute atomic E-state index is 0. The van der Waals surface area contributed by atoms with Crippen LogP contribution >= 0.6 is 0 Å². The fourth-order valence-corrected chi connectivity index (χ4v) is 1.80. The molecule has 2 aromatic carbocycles. The molecule has 0 saturated carbocycles. The van der Waals surface area contributed by atoms with Crippen LogP contribution in [0.4, 0.5) is 0 Å². The Morgan fingerprint density at radius 3 is 2.50 bits per heavy atom. The number of fused-ring (bicyclic) bond motifs is 1. The van der Waals surface area contributed by atoms with Gasteiger partial charge >= 0.3 is 26.2 Å². The zero-order chi connectivity index (χ0) is 9.10. The Balaban J connectivity index is 0. The molecule has 0 amide bonds. The van der Waals surface area contributed by atoms with Crippen molar-refractivity contribution in [3.05, 3.63) is 42.0 Å². The molecule has 0 aliphatic rings. The number of unbranched alkanes of at least 4 members (excludes halogenated alkanes) is 1. The molecule has 0 aromatic heterocycles. The second kappa shape index (κ2) is 9.34. The molecule has 0 unspecified atom stereocenters. The van der Waals surface area contributed by atoms with E-state index in [0.717, 1.165) is 0 Å². The molecule has 16 heavy (non-hydrogen) atoms. The molecule has 2 rings (SSSR count). The number of hydrogen-bond acceptors (Lipinski definition) is 0. The van der Waals surface area contributed by atoms with E-state index in [-0.39, 0.29) is 51.0 Å². The minimum atomic E-state index is 0. The van der Waals surface area contributed by atoms with Crippen molar-refractivity contribution in [1.82, 2.24) is 0 Å². The van der Waals surface area contributed by atoms with Crippen molar-refractivity contribution in [1.29, 1.82) is 0 Å². The van der Waals surface area contributed by atoms with Crippen molar-refractivity contribution in [2.45, 2.75) is 26.2 Å². The zero-order valence-corrected chi connectivity index (χ0v) is 13.3. The van der Waals surface area contributed by atoms with Crippen LogP contribution in [0.5, 0.6) is 0 Å². The third-order valence-electron chi connectivity index (χ3n) is 2.57. The van der Waals surface area contributed by atoms with Crippen molar-refractivity contribution in [2.24, 2.45) is 0 Å². The molecule has 0 saturated heterocycles. The summed E-state index contributed by atoms with van der Waals surface area (Å²) in [6.45, 7) is 2.24. The fraction of sp³-hybridized carbons (Fsp3) is 0.308. The maximum atomic E-state index is 2.26. The summed E-state index contributed by atoms with van der Waals surface area (Å²) in [5.41, 5.74) is 1.51. The van der Waals surface area contributed by atoms with Gasteiger partial charge in [0.1, 0.15) is 0 Å². The van der Waals surface area contributed by atoms with Gasteiger partial charge in [-0.3, -0.25) is 0 Å². The zero-order valence-electron chi connectivity index (χ0n) is 9.34. The summed E-state index contributed by atoms with van der Waals surface area (Å²) in [6.07, 6.45) is 3.80. The number of benzene rings is 1. The van der Waals surface area contributed by atoms with Gasteiger partial charge in [0.15, 0.2) is 0 Å². The van der Waals surface area contributed by atoms with Gasteiger partial charge in [-0.2, -0.15) is 5.56 Å². The van der Waals surface area contributed by atoms with Crippen molar-refractivity contribution in [2.75, 3.05) is 0 Å². The molecular weight excluding hydrogens is 318 g/mol. The summed E-state index contributed by atoms with van der Waals surface area (Å²) >= 11 is 0. The number of halogens is 2. The van der Waals surface area contributed by atoms with E-state index in [0.29, 0.717) is 0 Å². The summed E-state index contributed by atoms with van der Waals surface area (Å²) in [6, 6.07) is 13.1. The first-order valence-electron chi connectivity index (χ1n) is 5.05. The van der Waals surface area contributed by atoms with Gasteiger partial charge < -0.3 is 24.8 Å². The molecule has 85 valence electrons. The van der Waals surface area contributed by atoms with Crippen LogP contribution in [-0.4, -0.2) is 0 Å². The predicted molar refractivity (Wildman–Crippen MR) is 58.2 cm³/mol. The largest absolute Gasteiger partial charge is 3.00 e. The Labute approximate surface area is 129 Å². The molecule has 0 heterocycles. The van der Waals surface area contributed by atoms with Crippen LogP contribution in [0.3, 0.4) is 0 Å². The molecule has 0 N–H and O–H groups in total. The maximum Gasteiger partial charge on any atom is 3.00 e. The van der Waals surface area contributed by atoms with Gasteiger partial charge in [0.2, 0.25) is 0 Å². The quantitative estimate of drug-likeness (QED) is 0.565. The van der Waals surface area contributed by atoms with E-state index in [1.165, 1.54) is 35.6 Å². The van der Waals surface area contributed by atoms with E-state index in [1.54, 1.807) is 0 Å². The maximum absolute atomic E-state index is 2.26. The van der Waals surface area contributed by atoms with Crippen LogP contribution in [-0.2, 0) is 32.6 Å². The Morgan fingerprint density at radius 1 is 1.12 bits per heavy atom. The monoisotopic (exact) mass is 331 g/mol. The summed E-state index contributed by atoms with van der Waals surface area (Å²) in [4.78, 5) is 0. The summed E-state index contributed by atoms with van der Waals surface area (Å²) < 4.78 is 0. The van der Waals surface area contributed by atoms with Crippen molar-refractivity contribution in [3.63, 3.8) is 0 Å². The molecule has 0 bridgehead atoms. The topological polar surface area (TPSA) is 0 Å². The van der Waals surface area contributed by atoms with Crippen LogP contribution in [0.15, 0.2) is 36.4 Å². The first-order chi connectivity index (χ1) is 6.42. The molecule has 0 aliphatic heterocycles. The van der Waals surface area contributed by atoms with E-state index in [1.807, 2.05) is 0 Å². The van der Waals surface area contributed by atoms with Crippen LogP contribution < -0.4 is 24.8 Å². The van der Waals surface area contributed by atoms with Gasteiger partial charge in [-0.1, -0.05) is 32.3 Å². The first kappa shape index (κ1) is 18.7. The number of rotatable bonds is 3. The number of hydrogen-bond donors (Lipinski definition) is 0. The third kappa shape index (κ3) is 4.28. The number of aryl methyl sites for hydroxylation is 1. The molecule has 0 atom stereocenters. The van der Waals surface area contributed by atoms with E-state index in [4.69, 9.17) is 0 Å². The van der Waals surface area contributed by atoms with Crippen LogP contribution in [0.25, 0.3) is 10.8 Å². The van der Waals surface area contributed by atoms with E-state index in [2.05, 4.69) is 43.3 Å². The van der Waals surface area contributed by atoms with Gasteiger partial charge in [-0.05, 0) is 0 Å². The van der Waals surface area contributed by atoms with E-state index >= 15 is 0 Å². The van der Waals surface area contributed by atoms with Gasteiger partial charge in [0.25, 0.3) is 0 Å². The molecule has 0 spiro atoms. The summed E-state index contributed by atoms with van der Waals surface area (Å²) in [5, 5.41) is 2.82. The Bertz CT molecular complexity index is 395. The van der Waals surface area contributed by atoms with Gasteiger partial charge in [0.05, 0.1) is 0 Å². The van der Waals surface area contributed by atoms with Gasteiger partial charge in [-0.15, -0.1) is 41.1 Å². The fourth-order valence-electron chi connectivity index (χ4n) is 1.80. The predicted octanol–water partition coefficient (Wildman–Crippen LogP) is -2.09. The molecule has 0 fully saturated rings. The molecular formula is C13H15Cl2Zr. The Hall–Kier alpha value is 0.293. The average Bonchev–Trinajstić information content (AvgIpc) is 2.58. The van der Waals surface area contributed by atoms with Crippen LogP contribution in [0.2, 0.25) is 0 Å². The second-order valence-corrected chi connectivity index (χ2v) is 3.55. The van der Waals surface area contributed by atoms with Crippen LogP contribution in [0.1, 0.15) is 25.3 Å². The first-order valence-corrected chi connectivity index (χ1v) is 5.05. The Morgan fingerprint density at radius 2 is 1.81 bits per heavy atom. The van der Waals surface area contributed by atoms with Crippen molar-refractivity contribution >= 4 is 10.8 Å².